The van der Waals surface area contributed by atoms with Crippen LogP contribution in [0.1, 0.15) is 58.8 Å². The molecular formula is C17H30N2O. The molecule has 1 amide bonds. The molecule has 0 radical (unpaired) electrons. The Balaban J connectivity index is 2.57. The summed E-state index contributed by atoms with van der Waals surface area (Å²) >= 11 is 0. The van der Waals surface area contributed by atoms with E-state index in [9.17, 15) is 4.79 Å². The van der Waals surface area contributed by atoms with Crippen LogP contribution in [-0.2, 0) is 4.79 Å². The highest BCUT2D eigenvalue weighted by molar-refractivity contribution is 5.48. The first kappa shape index (κ1) is 16.8. The molecule has 1 aliphatic rings. The van der Waals surface area contributed by atoms with Crippen molar-refractivity contribution < 1.29 is 4.79 Å². The lowest BCUT2D eigenvalue weighted by Gasteiger charge is -2.29. The number of amides is 1. The van der Waals surface area contributed by atoms with Gasteiger partial charge in [-0.25, -0.2) is 0 Å². The van der Waals surface area contributed by atoms with Gasteiger partial charge in [0, 0.05) is 25.3 Å². The van der Waals surface area contributed by atoms with Gasteiger partial charge in [-0.2, -0.15) is 0 Å². The van der Waals surface area contributed by atoms with E-state index in [1.165, 1.54) is 11.3 Å². The van der Waals surface area contributed by atoms with Gasteiger partial charge >= 0.3 is 0 Å². The molecule has 0 atom stereocenters. The van der Waals surface area contributed by atoms with Crippen LogP contribution in [0.25, 0.3) is 0 Å². The Morgan fingerprint density at radius 1 is 1.25 bits per heavy atom. The third kappa shape index (κ3) is 5.03. The molecule has 0 unspecified atom stereocenters. The van der Waals surface area contributed by atoms with E-state index in [2.05, 4.69) is 31.3 Å². The maximum absolute atomic E-state index is 11.4. The van der Waals surface area contributed by atoms with Crippen LogP contribution in [0.5, 0.6) is 0 Å². The van der Waals surface area contributed by atoms with Crippen LogP contribution in [0.4, 0.5) is 0 Å². The number of allylic oxidation sites excluding steroid dienone is 3. The highest BCUT2D eigenvalue weighted by Gasteiger charge is 2.16. The average Bonchev–Trinajstić information content (AvgIpc) is 2.48. The van der Waals surface area contributed by atoms with Crippen LogP contribution in [0.15, 0.2) is 23.4 Å². The molecule has 20 heavy (non-hydrogen) atoms. The molecule has 0 spiro atoms. The van der Waals surface area contributed by atoms with Crippen LogP contribution in [0, 0.1) is 0 Å². The Morgan fingerprint density at radius 3 is 2.45 bits per heavy atom. The van der Waals surface area contributed by atoms with E-state index < -0.39 is 0 Å². The Bertz CT molecular complexity index is 341. The van der Waals surface area contributed by atoms with Gasteiger partial charge in [0.15, 0.2) is 0 Å². The molecule has 0 saturated carbocycles. The summed E-state index contributed by atoms with van der Waals surface area (Å²) in [5.41, 5.74) is 2.60. The van der Waals surface area contributed by atoms with Crippen LogP contribution in [-0.4, -0.2) is 30.9 Å². The minimum absolute atomic E-state index is 0.411. The molecule has 0 fully saturated rings. The quantitative estimate of drug-likeness (QED) is 0.619. The number of nitrogens with zero attached hydrogens (tertiary/aromatic N) is 1. The Labute approximate surface area is 124 Å². The van der Waals surface area contributed by atoms with Gasteiger partial charge in [0.2, 0.25) is 6.41 Å². The normalized spacial score (nSPS) is 14.8. The molecule has 1 aliphatic carbocycles. The van der Waals surface area contributed by atoms with Gasteiger partial charge in [0.1, 0.15) is 0 Å². The Morgan fingerprint density at radius 2 is 1.90 bits per heavy atom. The third-order valence-corrected chi connectivity index (χ3v) is 4.01. The van der Waals surface area contributed by atoms with Gasteiger partial charge in [-0.05, 0) is 37.7 Å². The summed E-state index contributed by atoms with van der Waals surface area (Å²) in [4.78, 5) is 13.4. The lowest BCUT2D eigenvalue weighted by Crippen LogP contribution is -2.35. The monoisotopic (exact) mass is 278 g/mol. The molecule has 3 heteroatoms. The van der Waals surface area contributed by atoms with Gasteiger partial charge in [-0.3, -0.25) is 4.79 Å². The van der Waals surface area contributed by atoms with Gasteiger partial charge in [0.05, 0.1) is 0 Å². The van der Waals surface area contributed by atoms with E-state index in [1.54, 1.807) is 0 Å². The summed E-state index contributed by atoms with van der Waals surface area (Å²) in [5.74, 6) is 0. The van der Waals surface area contributed by atoms with Crippen LogP contribution >= 0.6 is 0 Å². The van der Waals surface area contributed by atoms with Crippen molar-refractivity contribution in [2.45, 2.75) is 64.8 Å². The minimum atomic E-state index is 0.411. The van der Waals surface area contributed by atoms with Crippen LogP contribution < -0.4 is 5.32 Å². The first-order chi connectivity index (χ1) is 9.76. The summed E-state index contributed by atoms with van der Waals surface area (Å²) in [6.07, 6.45) is 13.3. The third-order valence-electron chi connectivity index (χ3n) is 4.01. The maximum Gasteiger partial charge on any atom is 0.209 e. The molecule has 0 heterocycles. The lowest BCUT2D eigenvalue weighted by molar-refractivity contribution is -0.120. The van der Waals surface area contributed by atoms with Crippen molar-refractivity contribution in [2.24, 2.45) is 0 Å². The largest absolute Gasteiger partial charge is 0.388 e. The van der Waals surface area contributed by atoms with Gasteiger partial charge < -0.3 is 10.2 Å². The van der Waals surface area contributed by atoms with Crippen LogP contribution in [0.2, 0.25) is 0 Å². The van der Waals surface area contributed by atoms with Gasteiger partial charge in [-0.15, -0.1) is 0 Å². The molecule has 114 valence electrons. The molecule has 0 aromatic heterocycles. The fourth-order valence-electron chi connectivity index (χ4n) is 2.94. The topological polar surface area (TPSA) is 32.3 Å². The summed E-state index contributed by atoms with van der Waals surface area (Å²) in [5, 5.41) is 3.26. The maximum atomic E-state index is 11.4. The number of carbonyl (C=O) groups excluding carboxylic acids is 1. The van der Waals surface area contributed by atoms with Crippen molar-refractivity contribution in [1.29, 1.82) is 0 Å². The molecule has 0 aromatic rings. The highest BCUT2D eigenvalue weighted by Crippen LogP contribution is 2.21. The second kappa shape index (κ2) is 9.62. The van der Waals surface area contributed by atoms with Crippen molar-refractivity contribution in [3.63, 3.8) is 0 Å². The molecule has 1 rings (SSSR count). The van der Waals surface area contributed by atoms with E-state index >= 15 is 0 Å². The molecule has 0 saturated heterocycles. The molecule has 0 aliphatic heterocycles. The first-order valence-electron chi connectivity index (χ1n) is 8.05. The number of carbonyl (C=O) groups is 1. The molecule has 3 nitrogen and oxygen atoms in total. The summed E-state index contributed by atoms with van der Waals surface area (Å²) in [6, 6.07) is 0.411. The first-order valence-corrected chi connectivity index (χ1v) is 8.05. The van der Waals surface area contributed by atoms with Crippen molar-refractivity contribution in [1.82, 2.24) is 10.2 Å². The molecule has 0 aromatic carbocycles. The molecule has 0 bridgehead atoms. The smallest absolute Gasteiger partial charge is 0.209 e. The summed E-state index contributed by atoms with van der Waals surface area (Å²) in [7, 11) is 1.97. The van der Waals surface area contributed by atoms with E-state index in [0.717, 1.165) is 57.9 Å². The van der Waals surface area contributed by atoms with Gasteiger partial charge in [-0.1, -0.05) is 38.8 Å². The second-order valence-corrected chi connectivity index (χ2v) is 5.50. The average molecular weight is 278 g/mol. The number of likely N-dealkylation sites (N-methyl/N-ethyl adjacent to an activating group) is 1. The summed E-state index contributed by atoms with van der Waals surface area (Å²) in [6.45, 7) is 5.22. The predicted molar refractivity (Wildman–Crippen MR) is 85.5 cm³/mol. The van der Waals surface area contributed by atoms with Crippen molar-refractivity contribution >= 4 is 6.41 Å². The zero-order valence-corrected chi connectivity index (χ0v) is 13.3. The van der Waals surface area contributed by atoms with E-state index in [0.29, 0.717) is 6.04 Å². The van der Waals surface area contributed by atoms with Crippen molar-refractivity contribution in [3.05, 3.63) is 23.4 Å². The number of hydrogen-bond acceptors (Lipinski definition) is 2. The van der Waals surface area contributed by atoms with Gasteiger partial charge in [0.25, 0.3) is 0 Å². The molecule has 1 N–H and O–H groups in total. The SMILES string of the molecule is CCCC(CCC)N(C=O)CCC1=CCCC=C1NC. The van der Waals surface area contributed by atoms with E-state index in [-0.39, 0.29) is 0 Å². The predicted octanol–water partition coefficient (Wildman–Crippen LogP) is 3.63. The van der Waals surface area contributed by atoms with Crippen LogP contribution in [0.3, 0.4) is 0 Å². The lowest BCUT2D eigenvalue weighted by atomic mass is 9.99. The summed E-state index contributed by atoms with van der Waals surface area (Å²) < 4.78 is 0. The second-order valence-electron chi connectivity index (χ2n) is 5.50. The Hall–Kier alpha value is -1.25. The fraction of sp³-hybridized carbons (Fsp3) is 0.706. The van der Waals surface area contributed by atoms with Crippen molar-refractivity contribution in [3.8, 4) is 0 Å². The standard InChI is InChI=1S/C17H30N2O/c1-4-8-16(9-5-2)19(14-20)13-12-15-10-6-7-11-17(15)18-3/h10-11,14,16,18H,4-9,12-13H2,1-3H3. The zero-order chi connectivity index (χ0) is 14.8. The fourth-order valence-corrected chi connectivity index (χ4v) is 2.94. The minimum Gasteiger partial charge on any atom is -0.388 e. The zero-order valence-electron chi connectivity index (χ0n) is 13.3. The Kier molecular flexibility index (Phi) is 8.08. The molecular weight excluding hydrogens is 248 g/mol. The van der Waals surface area contributed by atoms with E-state index in [4.69, 9.17) is 0 Å². The number of hydrogen-bond donors (Lipinski definition) is 1. The highest BCUT2D eigenvalue weighted by atomic mass is 16.1. The van der Waals surface area contributed by atoms with E-state index in [1.807, 2.05) is 11.9 Å². The number of rotatable bonds is 10. The van der Waals surface area contributed by atoms with Crippen molar-refractivity contribution in [2.75, 3.05) is 13.6 Å². The number of nitrogens with one attached hydrogen (secondary N) is 1.